The van der Waals surface area contributed by atoms with E-state index in [0.29, 0.717) is 28.2 Å². The molecule has 2 aromatic heterocycles. The fourth-order valence-electron chi connectivity index (χ4n) is 2.47. The molecule has 2 amide bonds. The zero-order valence-electron chi connectivity index (χ0n) is 16.0. The van der Waals surface area contributed by atoms with E-state index in [1.54, 1.807) is 49.8 Å². The van der Waals surface area contributed by atoms with Gasteiger partial charge >= 0.3 is 6.09 Å². The summed E-state index contributed by atoms with van der Waals surface area (Å²) in [5.41, 5.74) is 6.44. The Bertz CT molecular complexity index is 1020. The van der Waals surface area contributed by atoms with Crippen LogP contribution in [0.4, 0.5) is 16.3 Å². The lowest BCUT2D eigenvalue weighted by molar-refractivity contribution is -0.114. The number of aromatic nitrogens is 4. The molecule has 0 saturated carbocycles. The summed E-state index contributed by atoms with van der Waals surface area (Å²) in [6, 6.07) is 7.20. The Balaban J connectivity index is 1.85. The van der Waals surface area contributed by atoms with Crippen LogP contribution in [-0.4, -0.2) is 37.3 Å². The average Bonchev–Trinajstić information content (AvgIpc) is 3.03. The first-order valence-corrected chi connectivity index (χ1v) is 8.55. The number of carbonyl (C=O) groups is 2. The summed E-state index contributed by atoms with van der Waals surface area (Å²) in [7, 11) is 0. The van der Waals surface area contributed by atoms with Crippen molar-refractivity contribution in [2.24, 2.45) is 0 Å². The van der Waals surface area contributed by atoms with Gasteiger partial charge in [-0.2, -0.15) is 5.10 Å². The zero-order valence-corrected chi connectivity index (χ0v) is 16.0. The van der Waals surface area contributed by atoms with Gasteiger partial charge in [-0.1, -0.05) is 6.07 Å². The number of hydrogen-bond donors (Lipinski definition) is 3. The molecule has 0 atom stereocenters. The highest BCUT2D eigenvalue weighted by atomic mass is 16.6. The third-order valence-corrected chi connectivity index (χ3v) is 3.46. The van der Waals surface area contributed by atoms with E-state index in [-0.39, 0.29) is 5.91 Å². The van der Waals surface area contributed by atoms with E-state index in [4.69, 9.17) is 4.74 Å². The zero-order chi connectivity index (χ0) is 20.3. The van der Waals surface area contributed by atoms with Gasteiger partial charge in [0.05, 0.1) is 17.3 Å². The molecule has 0 fully saturated rings. The highest BCUT2D eigenvalue weighted by Gasteiger charge is 2.17. The van der Waals surface area contributed by atoms with Crippen molar-refractivity contribution in [3.8, 4) is 5.69 Å². The second kappa shape index (κ2) is 7.51. The molecule has 28 heavy (non-hydrogen) atoms. The molecule has 10 heteroatoms. The summed E-state index contributed by atoms with van der Waals surface area (Å²) in [6.07, 6.45) is 2.31. The van der Waals surface area contributed by atoms with Gasteiger partial charge < -0.3 is 10.1 Å². The van der Waals surface area contributed by atoms with Crippen LogP contribution in [0.2, 0.25) is 0 Å². The number of fused-ring (bicyclic) bond motifs is 1. The lowest BCUT2D eigenvalue weighted by atomic mass is 10.2. The summed E-state index contributed by atoms with van der Waals surface area (Å²) in [4.78, 5) is 31.5. The highest BCUT2D eigenvalue weighted by molar-refractivity contribution is 5.90. The predicted molar refractivity (Wildman–Crippen MR) is 104 cm³/mol. The molecule has 2 heterocycles. The maximum absolute atomic E-state index is 11.8. The van der Waals surface area contributed by atoms with Gasteiger partial charge in [0.2, 0.25) is 5.91 Å². The van der Waals surface area contributed by atoms with E-state index >= 15 is 0 Å². The van der Waals surface area contributed by atoms with Crippen LogP contribution in [0.1, 0.15) is 27.7 Å². The Morgan fingerprint density at radius 3 is 2.68 bits per heavy atom. The number of nitrogens with zero attached hydrogens (tertiary/aromatic N) is 4. The maximum atomic E-state index is 11.8. The van der Waals surface area contributed by atoms with E-state index in [1.165, 1.54) is 13.3 Å². The molecule has 0 bridgehead atoms. The van der Waals surface area contributed by atoms with Crippen molar-refractivity contribution in [3.63, 3.8) is 0 Å². The molecule has 0 spiro atoms. The molecule has 0 aliphatic heterocycles. The van der Waals surface area contributed by atoms with E-state index in [0.717, 1.165) is 0 Å². The Morgan fingerprint density at radius 1 is 1.18 bits per heavy atom. The number of hydrogen-bond acceptors (Lipinski definition) is 7. The van der Waals surface area contributed by atoms with Gasteiger partial charge in [-0.25, -0.2) is 24.9 Å². The van der Waals surface area contributed by atoms with Crippen LogP contribution in [0.15, 0.2) is 36.8 Å². The standard InChI is InChI=1S/C18H21N7O3/c1-11(26)22-12-6-5-7-13(8-12)25-16-14(9-21-25)15(19-10-20-16)23-24-17(27)28-18(2,3)4/h5-10H,1-4H3,(H,22,26)(H,24,27)(H,19,20,23). The van der Waals surface area contributed by atoms with Gasteiger partial charge in [0.15, 0.2) is 11.5 Å². The van der Waals surface area contributed by atoms with Gasteiger partial charge in [-0.05, 0) is 39.0 Å². The summed E-state index contributed by atoms with van der Waals surface area (Å²) in [6.45, 7) is 6.76. The number of anilines is 2. The van der Waals surface area contributed by atoms with Crippen LogP contribution < -0.4 is 16.2 Å². The fraction of sp³-hybridized carbons (Fsp3) is 0.278. The Labute approximate surface area is 161 Å². The average molecular weight is 383 g/mol. The molecular formula is C18H21N7O3. The van der Waals surface area contributed by atoms with Crippen LogP contribution in [0.5, 0.6) is 0 Å². The lowest BCUT2D eigenvalue weighted by Crippen LogP contribution is -2.36. The minimum absolute atomic E-state index is 0.162. The first-order valence-electron chi connectivity index (χ1n) is 8.55. The number of ether oxygens (including phenoxy) is 1. The summed E-state index contributed by atoms with van der Waals surface area (Å²) >= 11 is 0. The maximum Gasteiger partial charge on any atom is 0.426 e. The molecular weight excluding hydrogens is 362 g/mol. The van der Waals surface area contributed by atoms with Crippen molar-refractivity contribution in [1.82, 2.24) is 25.2 Å². The van der Waals surface area contributed by atoms with E-state index in [9.17, 15) is 9.59 Å². The minimum atomic E-state index is -0.630. The van der Waals surface area contributed by atoms with Crippen LogP contribution in [-0.2, 0) is 9.53 Å². The van der Waals surface area contributed by atoms with Crippen molar-refractivity contribution in [1.29, 1.82) is 0 Å². The van der Waals surface area contributed by atoms with Crippen molar-refractivity contribution in [2.45, 2.75) is 33.3 Å². The monoisotopic (exact) mass is 383 g/mol. The lowest BCUT2D eigenvalue weighted by Gasteiger charge is -2.19. The number of nitrogens with one attached hydrogen (secondary N) is 3. The Kier molecular flexibility index (Phi) is 5.12. The number of carbonyl (C=O) groups excluding carboxylic acids is 2. The van der Waals surface area contributed by atoms with Crippen molar-refractivity contribution in [3.05, 3.63) is 36.8 Å². The third-order valence-electron chi connectivity index (χ3n) is 3.46. The van der Waals surface area contributed by atoms with Crippen LogP contribution in [0.25, 0.3) is 16.7 Å². The number of rotatable bonds is 4. The molecule has 10 nitrogen and oxygen atoms in total. The first-order chi connectivity index (χ1) is 13.2. The molecule has 146 valence electrons. The highest BCUT2D eigenvalue weighted by Crippen LogP contribution is 2.22. The predicted octanol–water partition coefficient (Wildman–Crippen LogP) is 2.63. The second-order valence-electron chi connectivity index (χ2n) is 7.00. The second-order valence-corrected chi connectivity index (χ2v) is 7.00. The van der Waals surface area contributed by atoms with Crippen LogP contribution in [0, 0.1) is 0 Å². The first kappa shape index (κ1) is 19.1. The number of benzene rings is 1. The molecule has 0 saturated heterocycles. The fourth-order valence-corrected chi connectivity index (χ4v) is 2.47. The van der Waals surface area contributed by atoms with Crippen molar-refractivity contribution < 1.29 is 14.3 Å². The molecule has 3 rings (SSSR count). The van der Waals surface area contributed by atoms with Crippen molar-refractivity contribution in [2.75, 3.05) is 10.7 Å². The Morgan fingerprint density at radius 2 is 1.96 bits per heavy atom. The molecule has 3 aromatic rings. The summed E-state index contributed by atoms with van der Waals surface area (Å²) in [5.74, 6) is 0.213. The van der Waals surface area contributed by atoms with Gasteiger partial charge in [0.25, 0.3) is 0 Å². The number of hydrazine groups is 1. The molecule has 3 N–H and O–H groups in total. The molecule has 1 aromatic carbocycles. The molecule has 0 radical (unpaired) electrons. The largest absolute Gasteiger partial charge is 0.443 e. The smallest absolute Gasteiger partial charge is 0.426 e. The minimum Gasteiger partial charge on any atom is -0.443 e. The molecule has 0 unspecified atom stereocenters. The molecule has 0 aliphatic carbocycles. The van der Waals surface area contributed by atoms with Crippen LogP contribution >= 0.6 is 0 Å². The van der Waals surface area contributed by atoms with Gasteiger partial charge in [-0.3, -0.25) is 10.2 Å². The van der Waals surface area contributed by atoms with Crippen molar-refractivity contribution >= 4 is 34.5 Å². The topological polar surface area (TPSA) is 123 Å². The summed E-state index contributed by atoms with van der Waals surface area (Å²) in [5, 5.41) is 7.68. The van der Waals surface area contributed by atoms with Gasteiger partial charge in [0, 0.05) is 12.6 Å². The van der Waals surface area contributed by atoms with Crippen LogP contribution in [0.3, 0.4) is 0 Å². The molecule has 0 aliphatic rings. The SMILES string of the molecule is CC(=O)Nc1cccc(-n2ncc3c(NNC(=O)OC(C)(C)C)ncnc32)c1. The quantitative estimate of drug-likeness (QED) is 0.592. The van der Waals surface area contributed by atoms with E-state index in [1.807, 2.05) is 6.07 Å². The number of amides is 2. The Hall–Kier alpha value is -3.69. The van der Waals surface area contributed by atoms with E-state index in [2.05, 4.69) is 31.2 Å². The third kappa shape index (κ3) is 4.53. The van der Waals surface area contributed by atoms with Gasteiger partial charge in [-0.15, -0.1) is 0 Å². The van der Waals surface area contributed by atoms with Gasteiger partial charge in [0.1, 0.15) is 11.9 Å². The summed E-state index contributed by atoms with van der Waals surface area (Å²) < 4.78 is 6.79. The normalized spacial score (nSPS) is 11.1. The van der Waals surface area contributed by atoms with E-state index < -0.39 is 11.7 Å².